The van der Waals surface area contributed by atoms with Gasteiger partial charge in [0.2, 0.25) is 0 Å². The fraction of sp³-hybridized carbons (Fsp3) is 0.583. The minimum Gasteiger partial charge on any atom is -0.393 e. The van der Waals surface area contributed by atoms with Crippen molar-refractivity contribution >= 4 is 0 Å². The van der Waals surface area contributed by atoms with Crippen molar-refractivity contribution in [3.8, 4) is 0 Å². The SMILES string of the molecule is Cc1cccc(CNC(C)CC(C)O)n1. The second kappa shape index (κ2) is 5.83. The normalized spacial score (nSPS) is 14.9. The van der Waals surface area contributed by atoms with E-state index in [1.54, 1.807) is 0 Å². The summed E-state index contributed by atoms with van der Waals surface area (Å²) in [5.41, 5.74) is 2.09. The minimum atomic E-state index is -0.252. The number of nitrogens with one attached hydrogen (secondary N) is 1. The van der Waals surface area contributed by atoms with Crippen molar-refractivity contribution in [2.75, 3.05) is 0 Å². The summed E-state index contributed by atoms with van der Waals surface area (Å²) in [6, 6.07) is 6.32. The van der Waals surface area contributed by atoms with E-state index < -0.39 is 0 Å². The third kappa shape index (κ3) is 4.91. The Morgan fingerprint density at radius 1 is 1.40 bits per heavy atom. The summed E-state index contributed by atoms with van der Waals surface area (Å²) in [5, 5.41) is 12.5. The molecule has 3 heteroatoms. The fourth-order valence-corrected chi connectivity index (χ4v) is 1.57. The zero-order chi connectivity index (χ0) is 11.3. The molecule has 1 rings (SSSR count). The van der Waals surface area contributed by atoms with Gasteiger partial charge in [-0.15, -0.1) is 0 Å². The van der Waals surface area contributed by atoms with Crippen molar-refractivity contribution in [2.24, 2.45) is 0 Å². The van der Waals surface area contributed by atoms with E-state index >= 15 is 0 Å². The van der Waals surface area contributed by atoms with E-state index in [0.29, 0.717) is 6.04 Å². The summed E-state index contributed by atoms with van der Waals surface area (Å²) in [7, 11) is 0. The van der Waals surface area contributed by atoms with Gasteiger partial charge in [-0.1, -0.05) is 6.07 Å². The van der Waals surface area contributed by atoms with Crippen molar-refractivity contribution < 1.29 is 5.11 Å². The zero-order valence-corrected chi connectivity index (χ0v) is 9.70. The maximum atomic E-state index is 9.21. The summed E-state index contributed by atoms with van der Waals surface area (Å²) in [4.78, 5) is 4.40. The molecular weight excluding hydrogens is 188 g/mol. The topological polar surface area (TPSA) is 45.1 Å². The summed E-state index contributed by atoms with van der Waals surface area (Å²) >= 11 is 0. The molecule has 2 unspecified atom stereocenters. The second-order valence-corrected chi connectivity index (χ2v) is 4.14. The molecular formula is C12H20N2O. The molecule has 0 aliphatic heterocycles. The van der Waals surface area contributed by atoms with E-state index in [2.05, 4.69) is 17.2 Å². The Morgan fingerprint density at radius 3 is 2.73 bits per heavy atom. The predicted molar refractivity (Wildman–Crippen MR) is 61.6 cm³/mol. The number of hydrogen-bond acceptors (Lipinski definition) is 3. The molecule has 1 aromatic rings. The number of aliphatic hydroxyl groups excluding tert-OH is 1. The molecule has 3 nitrogen and oxygen atoms in total. The van der Waals surface area contributed by atoms with Gasteiger partial charge < -0.3 is 10.4 Å². The molecule has 0 aliphatic rings. The number of aryl methyl sites for hydroxylation is 1. The quantitative estimate of drug-likeness (QED) is 0.773. The van der Waals surface area contributed by atoms with Crippen molar-refractivity contribution in [3.05, 3.63) is 29.6 Å². The van der Waals surface area contributed by atoms with Gasteiger partial charge in [-0.3, -0.25) is 4.98 Å². The number of rotatable bonds is 5. The molecule has 0 fully saturated rings. The van der Waals surface area contributed by atoms with Crippen LogP contribution < -0.4 is 5.32 Å². The Balaban J connectivity index is 2.36. The zero-order valence-electron chi connectivity index (χ0n) is 9.70. The average Bonchev–Trinajstić information content (AvgIpc) is 2.14. The molecule has 0 saturated heterocycles. The van der Waals surface area contributed by atoms with Crippen LogP contribution >= 0.6 is 0 Å². The monoisotopic (exact) mass is 208 g/mol. The summed E-state index contributed by atoms with van der Waals surface area (Å²) in [6.45, 7) is 6.63. The van der Waals surface area contributed by atoms with Crippen LogP contribution in [0.5, 0.6) is 0 Å². The first-order chi connectivity index (χ1) is 7.08. The molecule has 0 amide bonds. The highest BCUT2D eigenvalue weighted by Gasteiger charge is 2.05. The fourth-order valence-electron chi connectivity index (χ4n) is 1.57. The standard InChI is InChI=1S/C12H20N2O/c1-9-5-4-6-12(14-9)8-13-10(2)7-11(3)15/h4-6,10-11,13,15H,7-8H2,1-3H3. The first-order valence-corrected chi connectivity index (χ1v) is 5.42. The van der Waals surface area contributed by atoms with Crippen LogP contribution in [0.3, 0.4) is 0 Å². The van der Waals surface area contributed by atoms with Gasteiger partial charge in [0.15, 0.2) is 0 Å². The van der Waals surface area contributed by atoms with Crippen molar-refractivity contribution in [1.82, 2.24) is 10.3 Å². The molecule has 1 heterocycles. The average molecular weight is 208 g/mol. The molecule has 0 radical (unpaired) electrons. The van der Waals surface area contributed by atoms with Crippen LogP contribution in [0, 0.1) is 6.92 Å². The number of aliphatic hydroxyl groups is 1. The lowest BCUT2D eigenvalue weighted by molar-refractivity contribution is 0.170. The molecule has 0 saturated carbocycles. The van der Waals surface area contributed by atoms with E-state index in [9.17, 15) is 5.11 Å². The van der Waals surface area contributed by atoms with Crippen LogP contribution in [0.15, 0.2) is 18.2 Å². The molecule has 2 atom stereocenters. The molecule has 0 spiro atoms. The van der Waals surface area contributed by atoms with Gasteiger partial charge in [0.25, 0.3) is 0 Å². The van der Waals surface area contributed by atoms with Crippen LogP contribution in [-0.4, -0.2) is 22.2 Å². The van der Waals surface area contributed by atoms with E-state index in [4.69, 9.17) is 0 Å². The molecule has 1 aromatic heterocycles. The Kier molecular flexibility index (Phi) is 4.72. The lowest BCUT2D eigenvalue weighted by Gasteiger charge is -2.15. The number of nitrogens with zero attached hydrogens (tertiary/aromatic N) is 1. The first kappa shape index (κ1) is 12.1. The van der Waals surface area contributed by atoms with Gasteiger partial charge >= 0.3 is 0 Å². The van der Waals surface area contributed by atoms with Gasteiger partial charge in [-0.25, -0.2) is 0 Å². The van der Waals surface area contributed by atoms with Crippen LogP contribution in [0.4, 0.5) is 0 Å². The Hall–Kier alpha value is -0.930. The lowest BCUT2D eigenvalue weighted by atomic mass is 10.1. The summed E-state index contributed by atoms with van der Waals surface area (Å²) in [6.07, 6.45) is 0.518. The maximum Gasteiger partial charge on any atom is 0.0544 e. The van der Waals surface area contributed by atoms with Gasteiger partial charge in [0, 0.05) is 18.3 Å². The molecule has 0 aliphatic carbocycles. The van der Waals surface area contributed by atoms with Gasteiger partial charge in [0.05, 0.1) is 11.8 Å². The molecule has 0 aromatic carbocycles. The van der Waals surface area contributed by atoms with Crippen LogP contribution in [0.1, 0.15) is 31.7 Å². The van der Waals surface area contributed by atoms with E-state index in [1.807, 2.05) is 32.0 Å². The number of pyridine rings is 1. The van der Waals surface area contributed by atoms with E-state index in [0.717, 1.165) is 24.4 Å². The van der Waals surface area contributed by atoms with Crippen molar-refractivity contribution in [2.45, 2.75) is 45.9 Å². The van der Waals surface area contributed by atoms with E-state index in [-0.39, 0.29) is 6.10 Å². The number of hydrogen-bond donors (Lipinski definition) is 2. The van der Waals surface area contributed by atoms with Gasteiger partial charge in [-0.2, -0.15) is 0 Å². The molecule has 0 bridgehead atoms. The minimum absolute atomic E-state index is 0.252. The highest BCUT2D eigenvalue weighted by Crippen LogP contribution is 2.01. The van der Waals surface area contributed by atoms with Gasteiger partial charge in [-0.05, 0) is 39.3 Å². The summed E-state index contributed by atoms with van der Waals surface area (Å²) in [5.74, 6) is 0. The Labute approximate surface area is 91.5 Å². The Morgan fingerprint density at radius 2 is 2.13 bits per heavy atom. The highest BCUT2D eigenvalue weighted by molar-refractivity contribution is 5.09. The van der Waals surface area contributed by atoms with Crippen LogP contribution in [0.2, 0.25) is 0 Å². The lowest BCUT2D eigenvalue weighted by Crippen LogP contribution is -2.29. The van der Waals surface area contributed by atoms with Crippen LogP contribution in [0.25, 0.3) is 0 Å². The Bertz CT molecular complexity index is 299. The third-order valence-electron chi connectivity index (χ3n) is 2.27. The summed E-state index contributed by atoms with van der Waals surface area (Å²) < 4.78 is 0. The maximum absolute atomic E-state index is 9.21. The second-order valence-electron chi connectivity index (χ2n) is 4.14. The predicted octanol–water partition coefficient (Wildman–Crippen LogP) is 1.64. The molecule has 15 heavy (non-hydrogen) atoms. The first-order valence-electron chi connectivity index (χ1n) is 5.42. The van der Waals surface area contributed by atoms with Gasteiger partial charge in [0.1, 0.15) is 0 Å². The smallest absolute Gasteiger partial charge is 0.0544 e. The van der Waals surface area contributed by atoms with Crippen molar-refractivity contribution in [1.29, 1.82) is 0 Å². The van der Waals surface area contributed by atoms with E-state index in [1.165, 1.54) is 0 Å². The molecule has 2 N–H and O–H groups in total. The van der Waals surface area contributed by atoms with Crippen molar-refractivity contribution in [3.63, 3.8) is 0 Å². The number of aromatic nitrogens is 1. The molecule has 84 valence electrons. The third-order valence-corrected chi connectivity index (χ3v) is 2.27. The largest absolute Gasteiger partial charge is 0.393 e. The van der Waals surface area contributed by atoms with Crippen LogP contribution in [-0.2, 0) is 6.54 Å². The highest BCUT2D eigenvalue weighted by atomic mass is 16.3.